The molecule has 7 heteroatoms. The number of anilines is 1. The Bertz CT molecular complexity index is 912. The summed E-state index contributed by atoms with van der Waals surface area (Å²) in [5.41, 5.74) is 9.47. The first-order chi connectivity index (χ1) is 10.7. The summed E-state index contributed by atoms with van der Waals surface area (Å²) in [6.07, 6.45) is 0. The number of nitrogens with one attached hydrogen (secondary N) is 2. The summed E-state index contributed by atoms with van der Waals surface area (Å²) in [6, 6.07) is 6.44. The van der Waals surface area contributed by atoms with E-state index in [0.717, 1.165) is 5.56 Å². The van der Waals surface area contributed by atoms with E-state index in [9.17, 15) is 9.59 Å². The first-order valence-corrected chi connectivity index (χ1v) is 7.46. The Morgan fingerprint density at radius 2 is 2.14 bits per heavy atom. The maximum atomic E-state index is 12.8. The summed E-state index contributed by atoms with van der Waals surface area (Å²) in [4.78, 5) is 23.9. The lowest BCUT2D eigenvalue weighted by molar-refractivity contribution is 0.104. The van der Waals surface area contributed by atoms with Crippen LogP contribution in [0.3, 0.4) is 0 Å². The van der Waals surface area contributed by atoms with Gasteiger partial charge in [-0.15, -0.1) is 0 Å². The topological polar surface area (TPSA) is 101 Å². The zero-order chi connectivity index (χ0) is 15.3. The normalized spacial score (nSPS) is 12.1. The van der Waals surface area contributed by atoms with Crippen molar-refractivity contribution in [3.05, 3.63) is 46.2 Å². The molecule has 0 saturated carbocycles. The van der Waals surface area contributed by atoms with E-state index < -0.39 is 6.03 Å². The lowest BCUT2D eigenvalue weighted by Gasteiger charge is -2.07. The minimum Gasteiger partial charge on any atom is -0.351 e. The van der Waals surface area contributed by atoms with Gasteiger partial charge in [0, 0.05) is 16.5 Å². The molecule has 0 spiro atoms. The number of nitrogens with zero attached hydrogens (tertiary/aromatic N) is 1. The number of hydrogen-bond donors (Lipinski definition) is 3. The summed E-state index contributed by atoms with van der Waals surface area (Å²) in [7, 11) is 0. The fourth-order valence-corrected chi connectivity index (χ4v) is 3.38. The van der Waals surface area contributed by atoms with Gasteiger partial charge in [0.25, 0.3) is 0 Å². The van der Waals surface area contributed by atoms with Crippen LogP contribution in [0.2, 0.25) is 0 Å². The summed E-state index contributed by atoms with van der Waals surface area (Å²) in [5, 5.41) is 13.6. The van der Waals surface area contributed by atoms with Gasteiger partial charge in [-0.3, -0.25) is 9.89 Å². The van der Waals surface area contributed by atoms with Crippen molar-refractivity contribution in [2.75, 3.05) is 5.32 Å². The number of fused-ring (bicyclic) bond motifs is 3. The average molecular weight is 310 g/mol. The van der Waals surface area contributed by atoms with Crippen LogP contribution in [-0.2, 0) is 0 Å². The van der Waals surface area contributed by atoms with E-state index in [1.165, 1.54) is 0 Å². The molecular weight excluding hydrogens is 300 g/mol. The quantitative estimate of drug-likeness (QED) is 0.530. The van der Waals surface area contributed by atoms with Gasteiger partial charge in [0.1, 0.15) is 5.69 Å². The Morgan fingerprint density at radius 3 is 2.86 bits per heavy atom. The van der Waals surface area contributed by atoms with E-state index in [1.54, 1.807) is 23.5 Å². The first kappa shape index (κ1) is 12.8. The molecule has 22 heavy (non-hydrogen) atoms. The number of primary amides is 1. The van der Waals surface area contributed by atoms with Crippen LogP contribution >= 0.6 is 11.3 Å². The van der Waals surface area contributed by atoms with E-state index in [0.29, 0.717) is 33.8 Å². The van der Waals surface area contributed by atoms with Crippen molar-refractivity contribution in [3.8, 4) is 22.5 Å². The number of rotatable bonds is 2. The number of H-pyrrole nitrogens is 1. The highest BCUT2D eigenvalue weighted by Crippen LogP contribution is 2.43. The molecule has 0 atom stereocenters. The van der Waals surface area contributed by atoms with Crippen LogP contribution in [0.5, 0.6) is 0 Å². The van der Waals surface area contributed by atoms with Crippen LogP contribution in [0.1, 0.15) is 15.9 Å². The Kier molecular flexibility index (Phi) is 2.64. The highest BCUT2D eigenvalue weighted by molar-refractivity contribution is 7.08. The molecule has 4 N–H and O–H groups in total. The third-order valence-electron chi connectivity index (χ3n) is 3.61. The summed E-state index contributed by atoms with van der Waals surface area (Å²) < 4.78 is 0. The number of benzene rings is 1. The third-order valence-corrected chi connectivity index (χ3v) is 4.29. The van der Waals surface area contributed by atoms with Gasteiger partial charge in [0.05, 0.1) is 22.5 Å². The molecule has 4 rings (SSSR count). The van der Waals surface area contributed by atoms with E-state index >= 15 is 0 Å². The number of thiophene rings is 1. The fourth-order valence-electron chi connectivity index (χ4n) is 2.73. The second-order valence-electron chi connectivity index (χ2n) is 4.88. The molecular formula is C15H10N4O2S. The molecule has 3 aromatic rings. The minimum atomic E-state index is -0.703. The van der Waals surface area contributed by atoms with Crippen molar-refractivity contribution in [3.63, 3.8) is 0 Å². The van der Waals surface area contributed by atoms with E-state index in [2.05, 4.69) is 15.5 Å². The van der Waals surface area contributed by atoms with Crippen LogP contribution < -0.4 is 11.1 Å². The molecule has 1 aromatic carbocycles. The molecule has 2 amide bonds. The zero-order valence-corrected chi connectivity index (χ0v) is 12.0. The van der Waals surface area contributed by atoms with Crippen molar-refractivity contribution in [2.45, 2.75) is 0 Å². The van der Waals surface area contributed by atoms with Gasteiger partial charge in [0.2, 0.25) is 0 Å². The number of nitrogens with two attached hydrogens (primary N) is 1. The molecule has 0 bridgehead atoms. The molecule has 1 aliphatic rings. The highest BCUT2D eigenvalue weighted by Gasteiger charge is 2.35. The van der Waals surface area contributed by atoms with Crippen molar-refractivity contribution in [2.24, 2.45) is 5.73 Å². The predicted molar refractivity (Wildman–Crippen MR) is 84.0 cm³/mol. The number of urea groups is 1. The summed E-state index contributed by atoms with van der Waals surface area (Å²) in [5.74, 6) is -0.163. The predicted octanol–water partition coefficient (Wildman–Crippen LogP) is 2.84. The number of carbonyl (C=O) groups is 2. The van der Waals surface area contributed by atoms with Gasteiger partial charge >= 0.3 is 6.03 Å². The fraction of sp³-hybridized carbons (Fsp3) is 0. The Morgan fingerprint density at radius 1 is 1.27 bits per heavy atom. The number of carbonyl (C=O) groups excluding carboxylic acids is 2. The SMILES string of the molecule is NC(=O)Nc1cccc2c1C(=O)c1c-2n[nH]c1-c1ccsc1. The molecule has 0 saturated heterocycles. The van der Waals surface area contributed by atoms with Gasteiger partial charge in [-0.2, -0.15) is 16.4 Å². The second kappa shape index (κ2) is 4.54. The van der Waals surface area contributed by atoms with Gasteiger partial charge in [-0.25, -0.2) is 4.79 Å². The summed E-state index contributed by atoms with van der Waals surface area (Å²) >= 11 is 1.55. The van der Waals surface area contributed by atoms with Crippen LogP contribution in [0, 0.1) is 0 Å². The Hall–Kier alpha value is -2.93. The standard InChI is InChI=1S/C15H10N4O2S/c16-15(21)17-9-3-1-2-8-10(9)14(20)11-12(18-19-13(8)11)7-4-5-22-6-7/h1-6H,(H,18,19)(H3,16,17,21). The Balaban J connectivity index is 1.92. The molecule has 6 nitrogen and oxygen atoms in total. The van der Waals surface area contributed by atoms with Gasteiger partial charge in [-0.1, -0.05) is 12.1 Å². The van der Waals surface area contributed by atoms with E-state index in [1.807, 2.05) is 22.9 Å². The molecule has 2 aromatic heterocycles. The molecule has 2 heterocycles. The molecule has 0 unspecified atom stereocenters. The van der Waals surface area contributed by atoms with Crippen LogP contribution in [-0.4, -0.2) is 22.0 Å². The number of hydrogen-bond acceptors (Lipinski definition) is 4. The van der Waals surface area contributed by atoms with Crippen molar-refractivity contribution < 1.29 is 9.59 Å². The van der Waals surface area contributed by atoms with Crippen LogP contribution in [0.4, 0.5) is 10.5 Å². The minimum absolute atomic E-state index is 0.163. The highest BCUT2D eigenvalue weighted by atomic mass is 32.1. The average Bonchev–Trinajstić information content (AvgIpc) is 3.18. The van der Waals surface area contributed by atoms with Crippen molar-refractivity contribution in [1.82, 2.24) is 10.2 Å². The second-order valence-corrected chi connectivity index (χ2v) is 5.66. The number of aromatic amines is 1. The largest absolute Gasteiger partial charge is 0.351 e. The van der Waals surface area contributed by atoms with Crippen molar-refractivity contribution >= 4 is 28.8 Å². The van der Waals surface area contributed by atoms with Crippen LogP contribution in [0.25, 0.3) is 22.5 Å². The lowest BCUT2D eigenvalue weighted by atomic mass is 10.1. The molecule has 1 aliphatic carbocycles. The summed E-state index contributed by atoms with van der Waals surface area (Å²) in [6.45, 7) is 0. The third kappa shape index (κ3) is 1.69. The first-order valence-electron chi connectivity index (χ1n) is 6.52. The van der Waals surface area contributed by atoms with E-state index in [-0.39, 0.29) is 5.78 Å². The lowest BCUT2D eigenvalue weighted by Crippen LogP contribution is -2.20. The maximum absolute atomic E-state index is 12.8. The van der Waals surface area contributed by atoms with E-state index in [4.69, 9.17) is 5.73 Å². The maximum Gasteiger partial charge on any atom is 0.316 e. The van der Waals surface area contributed by atoms with Gasteiger partial charge in [0.15, 0.2) is 5.78 Å². The number of ketones is 1. The van der Waals surface area contributed by atoms with Gasteiger partial charge in [-0.05, 0) is 17.5 Å². The molecule has 0 aliphatic heterocycles. The van der Waals surface area contributed by atoms with Crippen molar-refractivity contribution in [1.29, 1.82) is 0 Å². The van der Waals surface area contributed by atoms with Crippen LogP contribution in [0.15, 0.2) is 35.0 Å². The number of aromatic nitrogens is 2. The number of amides is 2. The Labute approximate surface area is 129 Å². The molecule has 0 fully saturated rings. The monoisotopic (exact) mass is 310 g/mol. The molecule has 0 radical (unpaired) electrons. The molecule has 108 valence electrons. The van der Waals surface area contributed by atoms with Gasteiger partial charge < -0.3 is 11.1 Å². The zero-order valence-electron chi connectivity index (χ0n) is 11.2. The smallest absolute Gasteiger partial charge is 0.316 e.